The third kappa shape index (κ3) is 3.43. The topological polar surface area (TPSA) is 40.5 Å². The molecular weight excluding hydrogens is 302 g/mol. The first-order valence-corrected chi connectivity index (χ1v) is 8.10. The van der Waals surface area contributed by atoms with E-state index in [1.807, 2.05) is 43.3 Å². The molecule has 0 aliphatic carbocycles. The van der Waals surface area contributed by atoms with Crippen LogP contribution in [0, 0.1) is 0 Å². The first-order valence-electron chi connectivity index (χ1n) is 8.10. The summed E-state index contributed by atoms with van der Waals surface area (Å²) in [5, 5.41) is 1.15. The Morgan fingerprint density at radius 3 is 2.58 bits per heavy atom. The highest BCUT2D eigenvalue weighted by molar-refractivity contribution is 5.89. The van der Waals surface area contributed by atoms with Crippen molar-refractivity contribution < 1.29 is 14.3 Å². The van der Waals surface area contributed by atoms with Gasteiger partial charge in [0.2, 0.25) is 0 Å². The van der Waals surface area contributed by atoms with E-state index in [1.54, 1.807) is 7.11 Å². The summed E-state index contributed by atoms with van der Waals surface area (Å²) in [7, 11) is 1.67. The molecule has 4 nitrogen and oxygen atoms in total. The summed E-state index contributed by atoms with van der Waals surface area (Å²) in [6.45, 7) is 3.19. The van der Waals surface area contributed by atoms with Crippen LogP contribution in [-0.4, -0.2) is 24.3 Å². The van der Waals surface area contributed by atoms with Crippen LogP contribution in [0.2, 0.25) is 0 Å². The molecule has 0 amide bonds. The van der Waals surface area contributed by atoms with Gasteiger partial charge in [0.25, 0.3) is 0 Å². The molecule has 0 spiro atoms. The van der Waals surface area contributed by atoms with Gasteiger partial charge in [0, 0.05) is 23.6 Å². The first-order chi connectivity index (χ1) is 11.7. The number of carbonyl (C=O) groups excluding carboxylic acids is 1. The number of benzene rings is 2. The monoisotopic (exact) mass is 323 g/mol. The minimum absolute atomic E-state index is 0.262. The quantitative estimate of drug-likeness (QED) is 0.636. The summed E-state index contributed by atoms with van der Waals surface area (Å²) < 4.78 is 12.6. The molecule has 0 atom stereocenters. The van der Waals surface area contributed by atoms with Crippen molar-refractivity contribution in [3.8, 4) is 5.75 Å². The average Bonchev–Trinajstić information content (AvgIpc) is 3.02. The lowest BCUT2D eigenvalue weighted by atomic mass is 10.1. The minimum Gasteiger partial charge on any atom is -0.497 e. The Morgan fingerprint density at radius 1 is 1.08 bits per heavy atom. The fourth-order valence-electron chi connectivity index (χ4n) is 2.66. The molecule has 0 saturated heterocycles. The molecule has 4 heteroatoms. The van der Waals surface area contributed by atoms with Gasteiger partial charge in [-0.15, -0.1) is 0 Å². The molecule has 0 bridgehead atoms. The molecule has 0 saturated carbocycles. The van der Waals surface area contributed by atoms with Gasteiger partial charge in [0.1, 0.15) is 5.75 Å². The van der Waals surface area contributed by atoms with E-state index in [1.165, 1.54) is 0 Å². The van der Waals surface area contributed by atoms with Gasteiger partial charge in [-0.05, 0) is 48.4 Å². The van der Waals surface area contributed by atoms with Crippen LogP contribution in [0.15, 0.2) is 54.7 Å². The highest BCUT2D eigenvalue weighted by Gasteiger charge is 2.07. The Bertz CT molecular complexity index is 834. The van der Waals surface area contributed by atoms with Crippen LogP contribution in [0.3, 0.4) is 0 Å². The molecule has 1 aromatic heterocycles. The number of ether oxygens (including phenoxy) is 2. The fraction of sp³-hybridized carbons (Fsp3) is 0.250. The van der Waals surface area contributed by atoms with Crippen LogP contribution in [-0.2, 0) is 11.3 Å². The lowest BCUT2D eigenvalue weighted by Crippen LogP contribution is -2.06. The molecule has 0 aliphatic heterocycles. The van der Waals surface area contributed by atoms with Crippen molar-refractivity contribution in [1.29, 1.82) is 0 Å². The molecule has 3 aromatic rings. The van der Waals surface area contributed by atoms with E-state index < -0.39 is 0 Å². The van der Waals surface area contributed by atoms with Crippen molar-refractivity contribution >= 4 is 16.9 Å². The van der Waals surface area contributed by atoms with Crippen LogP contribution in [0.4, 0.5) is 0 Å². The SMILES string of the molecule is CCCOC(=O)c1ccc(Cn2ccc3cc(OC)ccc32)cc1. The van der Waals surface area contributed by atoms with Crippen LogP contribution in [0.1, 0.15) is 29.3 Å². The van der Waals surface area contributed by atoms with E-state index in [0.29, 0.717) is 12.2 Å². The number of fused-ring (bicyclic) bond motifs is 1. The predicted molar refractivity (Wildman–Crippen MR) is 94.6 cm³/mol. The van der Waals surface area contributed by atoms with Crippen LogP contribution in [0.5, 0.6) is 5.75 Å². The van der Waals surface area contributed by atoms with Gasteiger partial charge < -0.3 is 14.0 Å². The Kier molecular flexibility index (Phi) is 4.85. The van der Waals surface area contributed by atoms with Crippen molar-refractivity contribution in [3.63, 3.8) is 0 Å². The fourth-order valence-corrected chi connectivity index (χ4v) is 2.66. The highest BCUT2D eigenvalue weighted by atomic mass is 16.5. The molecule has 0 fully saturated rings. The maximum absolute atomic E-state index is 11.8. The number of rotatable bonds is 6. The van der Waals surface area contributed by atoms with E-state index in [2.05, 4.69) is 22.9 Å². The summed E-state index contributed by atoms with van der Waals surface area (Å²) in [4.78, 5) is 11.8. The highest BCUT2D eigenvalue weighted by Crippen LogP contribution is 2.22. The van der Waals surface area contributed by atoms with Gasteiger partial charge in [0.05, 0.1) is 19.3 Å². The molecule has 0 radical (unpaired) electrons. The van der Waals surface area contributed by atoms with Crippen LogP contribution in [0.25, 0.3) is 10.9 Å². The smallest absolute Gasteiger partial charge is 0.338 e. The van der Waals surface area contributed by atoms with Crippen molar-refractivity contribution in [2.45, 2.75) is 19.9 Å². The molecule has 24 heavy (non-hydrogen) atoms. The maximum atomic E-state index is 11.8. The zero-order valence-electron chi connectivity index (χ0n) is 14.0. The van der Waals surface area contributed by atoms with Gasteiger partial charge in [-0.2, -0.15) is 0 Å². The number of hydrogen-bond acceptors (Lipinski definition) is 3. The Balaban J connectivity index is 1.75. The lowest BCUT2D eigenvalue weighted by molar-refractivity contribution is 0.0505. The van der Waals surface area contributed by atoms with Crippen molar-refractivity contribution in [2.75, 3.05) is 13.7 Å². The maximum Gasteiger partial charge on any atom is 0.338 e. The molecule has 3 rings (SSSR count). The zero-order valence-corrected chi connectivity index (χ0v) is 14.0. The molecule has 124 valence electrons. The normalized spacial score (nSPS) is 10.8. The zero-order chi connectivity index (χ0) is 16.9. The van der Waals surface area contributed by atoms with Crippen molar-refractivity contribution in [1.82, 2.24) is 4.57 Å². The van der Waals surface area contributed by atoms with E-state index in [0.717, 1.165) is 35.2 Å². The third-order valence-electron chi connectivity index (χ3n) is 3.96. The number of nitrogens with zero attached hydrogens (tertiary/aromatic N) is 1. The van der Waals surface area contributed by atoms with Gasteiger partial charge in [-0.1, -0.05) is 19.1 Å². The number of methoxy groups -OCH3 is 1. The van der Waals surface area contributed by atoms with Gasteiger partial charge in [-0.25, -0.2) is 4.79 Å². The molecule has 1 heterocycles. The molecule has 0 aliphatic rings. The summed E-state index contributed by atoms with van der Waals surface area (Å²) >= 11 is 0. The standard InChI is InChI=1S/C20H21NO3/c1-3-12-24-20(22)16-6-4-15(5-7-16)14-21-11-10-17-13-18(23-2)8-9-19(17)21/h4-11,13H,3,12,14H2,1-2H3. The summed E-state index contributed by atoms with van der Waals surface area (Å²) in [6, 6.07) is 15.7. The van der Waals surface area contributed by atoms with E-state index >= 15 is 0 Å². The number of hydrogen-bond donors (Lipinski definition) is 0. The first kappa shape index (κ1) is 16.1. The summed E-state index contributed by atoms with van der Waals surface area (Å²) in [5.74, 6) is 0.595. The predicted octanol–water partition coefficient (Wildman–Crippen LogP) is 4.27. The van der Waals surface area contributed by atoms with Gasteiger partial charge >= 0.3 is 5.97 Å². The van der Waals surface area contributed by atoms with Crippen LogP contribution < -0.4 is 4.74 Å². The second-order valence-corrected chi connectivity index (χ2v) is 5.70. The van der Waals surface area contributed by atoms with Crippen molar-refractivity contribution in [2.24, 2.45) is 0 Å². The number of esters is 1. The second kappa shape index (κ2) is 7.21. The number of carbonyl (C=O) groups is 1. The Hall–Kier alpha value is -2.75. The largest absolute Gasteiger partial charge is 0.497 e. The van der Waals surface area contributed by atoms with E-state index in [-0.39, 0.29) is 5.97 Å². The average molecular weight is 323 g/mol. The van der Waals surface area contributed by atoms with Crippen LogP contribution >= 0.6 is 0 Å². The minimum atomic E-state index is -0.262. The Morgan fingerprint density at radius 2 is 1.88 bits per heavy atom. The summed E-state index contributed by atoms with van der Waals surface area (Å²) in [5.41, 5.74) is 2.88. The second-order valence-electron chi connectivity index (χ2n) is 5.70. The molecular formula is C20H21NO3. The molecule has 0 N–H and O–H groups in total. The lowest BCUT2D eigenvalue weighted by Gasteiger charge is -2.08. The van der Waals surface area contributed by atoms with Gasteiger partial charge in [-0.3, -0.25) is 0 Å². The van der Waals surface area contributed by atoms with Gasteiger partial charge in [0.15, 0.2) is 0 Å². The van der Waals surface area contributed by atoms with E-state index in [9.17, 15) is 4.79 Å². The molecule has 2 aromatic carbocycles. The Labute approximate surface area is 141 Å². The van der Waals surface area contributed by atoms with E-state index in [4.69, 9.17) is 9.47 Å². The summed E-state index contributed by atoms with van der Waals surface area (Å²) in [6.07, 6.45) is 2.89. The third-order valence-corrected chi connectivity index (χ3v) is 3.96. The molecule has 0 unspecified atom stereocenters. The number of aromatic nitrogens is 1. The van der Waals surface area contributed by atoms with Crippen molar-refractivity contribution in [3.05, 3.63) is 65.9 Å².